The third kappa shape index (κ3) is 6.77. The zero-order valence-corrected chi connectivity index (χ0v) is 16.0. The fraction of sp³-hybridized carbons (Fsp3) is 0.409. The van der Waals surface area contributed by atoms with E-state index >= 15 is 0 Å². The molecule has 0 unspecified atom stereocenters. The Labute approximate surface area is 168 Å². The van der Waals surface area contributed by atoms with Crippen molar-refractivity contribution in [3.05, 3.63) is 48.2 Å². The highest BCUT2D eigenvalue weighted by Gasteiger charge is 2.31. The van der Waals surface area contributed by atoms with Crippen LogP contribution in [0.2, 0.25) is 0 Å². The molecular formula is C22H22F3NO3. The van der Waals surface area contributed by atoms with E-state index in [1.165, 1.54) is 30.7 Å². The number of alkyl halides is 3. The van der Waals surface area contributed by atoms with Gasteiger partial charge in [0.15, 0.2) is 0 Å². The lowest BCUT2D eigenvalue weighted by molar-refractivity contribution is -0.274. The zero-order valence-electron chi connectivity index (χ0n) is 16.0. The summed E-state index contributed by atoms with van der Waals surface area (Å²) in [5.74, 6) is 6.09. The quantitative estimate of drug-likeness (QED) is 0.643. The molecule has 0 N–H and O–H groups in total. The van der Waals surface area contributed by atoms with Crippen molar-refractivity contribution in [1.29, 1.82) is 0 Å². The molecular weight excluding hydrogens is 383 g/mol. The summed E-state index contributed by atoms with van der Waals surface area (Å²) in [5.41, 5.74) is 2.00. The average Bonchev–Trinajstić information content (AvgIpc) is 2.71. The van der Waals surface area contributed by atoms with Crippen molar-refractivity contribution >= 4 is 0 Å². The van der Waals surface area contributed by atoms with Gasteiger partial charge in [-0.1, -0.05) is 25.7 Å². The summed E-state index contributed by atoms with van der Waals surface area (Å²) < 4.78 is 51.8. The molecule has 0 bridgehead atoms. The standard InChI is InChI=1S/C22H22F3NO3/c1-2-3-4-17-14-27-21(28-15-17)12-6-16-5-11-20(26-13-16)18-7-9-19(10-8-18)29-22(23,24)25/h5,7-11,13,17,21H,2-4,14-15H2,1H3/t17-,21-. The second-order valence-electron chi connectivity index (χ2n) is 6.78. The first kappa shape index (κ1) is 21.2. The van der Waals surface area contributed by atoms with Gasteiger partial charge in [-0.3, -0.25) is 4.98 Å². The molecule has 3 rings (SSSR count). The first-order valence-corrected chi connectivity index (χ1v) is 9.50. The van der Waals surface area contributed by atoms with Crippen molar-refractivity contribution in [2.24, 2.45) is 5.92 Å². The maximum absolute atomic E-state index is 12.2. The van der Waals surface area contributed by atoms with Gasteiger partial charge in [-0.05, 0) is 48.7 Å². The van der Waals surface area contributed by atoms with E-state index < -0.39 is 12.7 Å². The normalized spacial score (nSPS) is 19.3. The molecule has 0 spiro atoms. The first-order valence-electron chi connectivity index (χ1n) is 9.50. The molecule has 1 saturated heterocycles. The fourth-order valence-electron chi connectivity index (χ4n) is 2.89. The van der Waals surface area contributed by atoms with Gasteiger partial charge in [0, 0.05) is 23.2 Å². The molecule has 1 aliphatic rings. The molecule has 2 aromatic rings. The first-order chi connectivity index (χ1) is 13.9. The van der Waals surface area contributed by atoms with E-state index in [4.69, 9.17) is 9.47 Å². The van der Waals surface area contributed by atoms with Crippen molar-refractivity contribution in [2.45, 2.75) is 38.8 Å². The number of halogens is 3. The number of rotatable bonds is 5. The van der Waals surface area contributed by atoms with Gasteiger partial charge in [-0.25, -0.2) is 0 Å². The van der Waals surface area contributed by atoms with E-state index in [2.05, 4.69) is 28.5 Å². The number of hydrogen-bond acceptors (Lipinski definition) is 4. The molecule has 0 aliphatic carbocycles. The lowest BCUT2D eigenvalue weighted by Crippen LogP contribution is -2.31. The van der Waals surface area contributed by atoms with Crippen LogP contribution in [0.25, 0.3) is 11.3 Å². The molecule has 7 heteroatoms. The Morgan fingerprint density at radius 3 is 2.41 bits per heavy atom. The smallest absolute Gasteiger partial charge is 0.406 e. The molecule has 0 atom stereocenters. The Kier molecular flexibility index (Phi) is 7.13. The van der Waals surface area contributed by atoms with Crippen LogP contribution in [0.3, 0.4) is 0 Å². The van der Waals surface area contributed by atoms with Crippen LogP contribution >= 0.6 is 0 Å². The van der Waals surface area contributed by atoms with Gasteiger partial charge in [-0.15, -0.1) is 13.2 Å². The van der Waals surface area contributed by atoms with Crippen LogP contribution in [0.4, 0.5) is 13.2 Å². The molecule has 0 radical (unpaired) electrons. The Bertz CT molecular complexity index is 831. The minimum absolute atomic E-state index is 0.270. The van der Waals surface area contributed by atoms with Crippen LogP contribution in [0.15, 0.2) is 42.6 Å². The van der Waals surface area contributed by atoms with E-state index in [9.17, 15) is 13.2 Å². The second-order valence-corrected chi connectivity index (χ2v) is 6.78. The average molecular weight is 405 g/mol. The van der Waals surface area contributed by atoms with Crippen LogP contribution in [0.5, 0.6) is 5.75 Å². The SMILES string of the molecule is CCCC[C@H]1CO[C@H](C#Cc2ccc(-c3ccc(OC(F)(F)F)cc3)nc2)OC1. The topological polar surface area (TPSA) is 40.6 Å². The third-order valence-electron chi connectivity index (χ3n) is 4.41. The van der Waals surface area contributed by atoms with E-state index in [0.29, 0.717) is 36.0 Å². The number of ether oxygens (including phenoxy) is 3. The van der Waals surface area contributed by atoms with Crippen LogP contribution in [-0.4, -0.2) is 30.9 Å². The predicted octanol–water partition coefficient (Wildman–Crippen LogP) is 5.18. The maximum Gasteiger partial charge on any atom is 0.573 e. The molecule has 0 saturated carbocycles. The Morgan fingerprint density at radius 1 is 1.10 bits per heavy atom. The molecule has 2 heterocycles. The summed E-state index contributed by atoms with van der Waals surface area (Å²) >= 11 is 0. The van der Waals surface area contributed by atoms with Crippen molar-refractivity contribution in [1.82, 2.24) is 4.98 Å². The van der Waals surface area contributed by atoms with Crippen molar-refractivity contribution in [2.75, 3.05) is 13.2 Å². The summed E-state index contributed by atoms with van der Waals surface area (Å²) in [6.45, 7) is 3.48. The lowest BCUT2D eigenvalue weighted by Gasteiger charge is -2.26. The van der Waals surface area contributed by atoms with Crippen LogP contribution in [0.1, 0.15) is 31.7 Å². The zero-order chi connectivity index (χ0) is 20.7. The number of pyridine rings is 1. The van der Waals surface area contributed by atoms with E-state index in [1.807, 2.05) is 0 Å². The monoisotopic (exact) mass is 405 g/mol. The molecule has 4 nitrogen and oxygen atoms in total. The highest BCUT2D eigenvalue weighted by atomic mass is 19.4. The van der Waals surface area contributed by atoms with E-state index in [1.54, 1.807) is 18.3 Å². The molecule has 1 aromatic heterocycles. The van der Waals surface area contributed by atoms with Gasteiger partial charge < -0.3 is 14.2 Å². The van der Waals surface area contributed by atoms with Crippen LogP contribution in [0, 0.1) is 17.8 Å². The van der Waals surface area contributed by atoms with Gasteiger partial charge >= 0.3 is 6.36 Å². The van der Waals surface area contributed by atoms with Gasteiger partial charge in [0.05, 0.1) is 18.9 Å². The van der Waals surface area contributed by atoms with Gasteiger partial charge in [0.2, 0.25) is 6.29 Å². The molecule has 29 heavy (non-hydrogen) atoms. The van der Waals surface area contributed by atoms with Gasteiger partial charge in [0.25, 0.3) is 0 Å². The van der Waals surface area contributed by atoms with E-state index in [-0.39, 0.29) is 5.75 Å². The summed E-state index contributed by atoms with van der Waals surface area (Å²) in [7, 11) is 0. The van der Waals surface area contributed by atoms with Crippen molar-refractivity contribution in [3.63, 3.8) is 0 Å². The van der Waals surface area contributed by atoms with Crippen molar-refractivity contribution in [3.8, 4) is 28.8 Å². The Balaban J connectivity index is 1.55. The minimum atomic E-state index is -4.71. The molecule has 154 valence electrons. The number of aromatic nitrogens is 1. The lowest BCUT2D eigenvalue weighted by atomic mass is 10.0. The molecule has 0 amide bonds. The van der Waals surface area contributed by atoms with Gasteiger partial charge in [0.1, 0.15) is 5.75 Å². The largest absolute Gasteiger partial charge is 0.573 e. The van der Waals surface area contributed by atoms with Crippen molar-refractivity contribution < 1.29 is 27.4 Å². The maximum atomic E-state index is 12.2. The van der Waals surface area contributed by atoms with Crippen LogP contribution in [-0.2, 0) is 9.47 Å². The highest BCUT2D eigenvalue weighted by Crippen LogP contribution is 2.25. The highest BCUT2D eigenvalue weighted by molar-refractivity contribution is 5.60. The molecule has 1 fully saturated rings. The summed E-state index contributed by atoms with van der Waals surface area (Å²) in [6.07, 6.45) is -0.199. The van der Waals surface area contributed by atoms with Crippen LogP contribution < -0.4 is 4.74 Å². The third-order valence-corrected chi connectivity index (χ3v) is 4.41. The number of unbranched alkanes of at least 4 members (excludes halogenated alkanes) is 1. The predicted molar refractivity (Wildman–Crippen MR) is 102 cm³/mol. The number of nitrogens with zero attached hydrogens (tertiary/aromatic N) is 1. The van der Waals surface area contributed by atoms with E-state index in [0.717, 1.165) is 12.8 Å². The molecule has 1 aliphatic heterocycles. The Morgan fingerprint density at radius 2 is 1.83 bits per heavy atom. The summed E-state index contributed by atoms with van der Waals surface area (Å²) in [6, 6.07) is 9.10. The molecule has 1 aromatic carbocycles. The second kappa shape index (κ2) is 9.77. The number of hydrogen-bond donors (Lipinski definition) is 0. The summed E-state index contributed by atoms with van der Waals surface area (Å²) in [4.78, 5) is 4.32. The number of benzene rings is 1. The fourth-order valence-corrected chi connectivity index (χ4v) is 2.89. The summed E-state index contributed by atoms with van der Waals surface area (Å²) in [5, 5.41) is 0. The Hall–Kier alpha value is -2.56. The van der Waals surface area contributed by atoms with Gasteiger partial charge in [-0.2, -0.15) is 0 Å². The minimum Gasteiger partial charge on any atom is -0.406 e.